The number of carbonyl (C=O) groups is 2. The zero-order valence-corrected chi connectivity index (χ0v) is 27.7. The van der Waals surface area contributed by atoms with Crippen LogP contribution in [0.15, 0.2) is 91.3 Å². The van der Waals surface area contributed by atoms with Crippen LogP contribution < -0.4 is 14.9 Å². The number of aromatic amines is 1. The van der Waals surface area contributed by atoms with E-state index in [1.165, 1.54) is 19.4 Å². The van der Waals surface area contributed by atoms with Gasteiger partial charge in [0.05, 0.1) is 28.3 Å². The van der Waals surface area contributed by atoms with Gasteiger partial charge in [0.1, 0.15) is 17.0 Å². The van der Waals surface area contributed by atoms with E-state index in [4.69, 9.17) is 32.7 Å². The summed E-state index contributed by atoms with van der Waals surface area (Å²) in [4.78, 5) is 29.7. The summed E-state index contributed by atoms with van der Waals surface area (Å²) in [7, 11) is 1.44. The van der Waals surface area contributed by atoms with Crippen LogP contribution in [0, 0.1) is 0 Å². The quantitative estimate of drug-likeness (QED) is 0.0744. The van der Waals surface area contributed by atoms with E-state index >= 15 is 0 Å². The summed E-state index contributed by atoms with van der Waals surface area (Å²) in [5, 5.41) is 5.75. The molecule has 1 heterocycles. The van der Waals surface area contributed by atoms with Gasteiger partial charge >= 0.3 is 5.97 Å². The fourth-order valence-electron chi connectivity index (χ4n) is 4.28. The van der Waals surface area contributed by atoms with Gasteiger partial charge in [0.25, 0.3) is 5.91 Å². The molecule has 42 heavy (non-hydrogen) atoms. The summed E-state index contributed by atoms with van der Waals surface area (Å²) in [6.07, 6.45) is 1.37. The third-order valence-corrected chi connectivity index (χ3v) is 8.13. The minimum absolute atomic E-state index is 0.147. The SMILES string of the molecule is COc1ccc(Cl)cc1C(=O)Oc1c(Br)cc(Br)cc1C=NNC(=O)c1[nH]c2c(Cl)cc(Br)cc2c1-c1ccccc1. The molecule has 0 saturated carbocycles. The molecule has 0 saturated heterocycles. The van der Waals surface area contributed by atoms with Crippen molar-refractivity contribution in [2.24, 2.45) is 5.10 Å². The van der Waals surface area contributed by atoms with Crippen molar-refractivity contribution in [1.82, 2.24) is 10.4 Å². The van der Waals surface area contributed by atoms with Crippen molar-refractivity contribution < 1.29 is 19.1 Å². The number of benzene rings is 4. The van der Waals surface area contributed by atoms with Gasteiger partial charge < -0.3 is 14.5 Å². The molecule has 212 valence electrons. The number of fused-ring (bicyclic) bond motifs is 1. The largest absolute Gasteiger partial charge is 0.496 e. The molecule has 2 N–H and O–H groups in total. The first-order valence-electron chi connectivity index (χ1n) is 12.1. The van der Waals surface area contributed by atoms with Crippen LogP contribution in [0.4, 0.5) is 0 Å². The normalized spacial score (nSPS) is 11.2. The first-order chi connectivity index (χ1) is 20.2. The summed E-state index contributed by atoms with van der Waals surface area (Å²) in [5.74, 6) is -0.704. The maximum Gasteiger partial charge on any atom is 0.347 e. The van der Waals surface area contributed by atoms with E-state index in [-0.39, 0.29) is 17.0 Å². The van der Waals surface area contributed by atoms with E-state index in [2.05, 4.69) is 63.3 Å². The molecule has 0 aliphatic heterocycles. The lowest BCUT2D eigenvalue weighted by molar-refractivity contribution is 0.0729. The second-order valence-electron chi connectivity index (χ2n) is 8.79. The van der Waals surface area contributed by atoms with E-state index < -0.39 is 11.9 Å². The molecule has 4 aromatic carbocycles. The number of hydrogen-bond acceptors (Lipinski definition) is 5. The van der Waals surface area contributed by atoms with Crippen molar-refractivity contribution in [2.75, 3.05) is 7.11 Å². The number of esters is 1. The van der Waals surface area contributed by atoms with Gasteiger partial charge in [0, 0.05) is 30.5 Å². The van der Waals surface area contributed by atoms with E-state index in [1.54, 1.807) is 30.3 Å². The molecule has 0 atom stereocenters. The average molecular weight is 795 g/mol. The topological polar surface area (TPSA) is 92.8 Å². The number of halogens is 5. The fourth-order valence-corrected chi connectivity index (χ4v) is 6.65. The number of methoxy groups -OCH3 is 1. The van der Waals surface area contributed by atoms with E-state index in [1.807, 2.05) is 36.4 Å². The monoisotopic (exact) mass is 791 g/mol. The highest BCUT2D eigenvalue weighted by Gasteiger charge is 2.22. The predicted octanol–water partition coefficient (Wildman–Crippen LogP) is 9.42. The van der Waals surface area contributed by atoms with E-state index in [0.717, 1.165) is 15.4 Å². The van der Waals surface area contributed by atoms with Crippen LogP contribution in [0.25, 0.3) is 22.0 Å². The summed E-state index contributed by atoms with van der Waals surface area (Å²) in [6, 6.07) is 21.2. The van der Waals surface area contributed by atoms with E-state index in [9.17, 15) is 9.59 Å². The molecular weight excluding hydrogens is 777 g/mol. The van der Waals surface area contributed by atoms with Gasteiger partial charge in [-0.2, -0.15) is 5.10 Å². The number of nitrogens with zero attached hydrogens (tertiary/aromatic N) is 1. The number of hydrogen-bond donors (Lipinski definition) is 2. The number of carbonyl (C=O) groups excluding carboxylic acids is 2. The maximum atomic E-state index is 13.4. The predicted molar refractivity (Wildman–Crippen MR) is 176 cm³/mol. The van der Waals surface area contributed by atoms with Crippen LogP contribution in [0.1, 0.15) is 26.4 Å². The Morgan fingerprint density at radius 1 is 0.952 bits per heavy atom. The Bertz CT molecular complexity index is 1880. The number of aromatic nitrogens is 1. The number of nitrogens with one attached hydrogen (secondary N) is 2. The third kappa shape index (κ3) is 6.43. The van der Waals surface area contributed by atoms with Crippen LogP contribution >= 0.6 is 71.0 Å². The van der Waals surface area contributed by atoms with Gasteiger partial charge in [-0.1, -0.05) is 85.4 Å². The van der Waals surface area contributed by atoms with E-state index in [0.29, 0.717) is 41.4 Å². The molecule has 0 spiro atoms. The van der Waals surface area contributed by atoms with Crippen LogP contribution in [-0.4, -0.2) is 30.2 Å². The summed E-state index contributed by atoms with van der Waals surface area (Å²) in [5.41, 5.74) is 5.52. The van der Waals surface area contributed by atoms with Gasteiger partial charge in [0.15, 0.2) is 5.75 Å². The van der Waals surface area contributed by atoms with Crippen molar-refractivity contribution in [3.63, 3.8) is 0 Å². The number of rotatable bonds is 7. The van der Waals surface area contributed by atoms with Crippen molar-refractivity contribution >= 4 is 100.0 Å². The van der Waals surface area contributed by atoms with Crippen LogP contribution in [0.5, 0.6) is 11.5 Å². The lowest BCUT2D eigenvalue weighted by Gasteiger charge is -2.12. The molecule has 0 radical (unpaired) electrons. The molecule has 12 heteroatoms. The van der Waals surface area contributed by atoms with Gasteiger partial charge in [-0.15, -0.1) is 0 Å². The Balaban J connectivity index is 1.47. The third-order valence-electron chi connectivity index (χ3n) is 6.10. The number of ether oxygens (including phenoxy) is 2. The summed E-state index contributed by atoms with van der Waals surface area (Å²) < 4.78 is 12.9. The molecule has 5 rings (SSSR count). The second kappa shape index (κ2) is 13.0. The van der Waals surface area contributed by atoms with Crippen molar-refractivity contribution in [3.8, 4) is 22.6 Å². The Morgan fingerprint density at radius 2 is 1.69 bits per heavy atom. The Kier molecular flexibility index (Phi) is 9.39. The molecule has 5 aromatic rings. The van der Waals surface area contributed by atoms with Crippen molar-refractivity contribution in [3.05, 3.63) is 113 Å². The highest BCUT2D eigenvalue weighted by Crippen LogP contribution is 2.38. The minimum atomic E-state index is -0.690. The van der Waals surface area contributed by atoms with Crippen molar-refractivity contribution in [1.29, 1.82) is 0 Å². The van der Waals surface area contributed by atoms with Crippen LogP contribution in [0.2, 0.25) is 10.0 Å². The Hall–Kier alpha value is -3.15. The highest BCUT2D eigenvalue weighted by atomic mass is 79.9. The van der Waals surface area contributed by atoms with Gasteiger partial charge in [-0.3, -0.25) is 4.79 Å². The minimum Gasteiger partial charge on any atom is -0.496 e. The molecule has 0 unspecified atom stereocenters. The number of H-pyrrole nitrogens is 1. The number of hydrazone groups is 1. The standard InChI is InChI=1S/C30H18Br3Cl2N3O4/c1-41-24-8-7-19(34)13-20(24)30(40)42-28-16(9-17(31)11-22(28)33)14-36-38-29(39)27-25(15-5-3-2-4-6-15)21-10-18(32)12-23(35)26(21)37-27/h2-14,37H,1H3,(H,38,39). The second-order valence-corrected chi connectivity index (χ2v) is 12.3. The maximum absolute atomic E-state index is 13.4. The average Bonchev–Trinajstić information content (AvgIpc) is 3.35. The highest BCUT2D eigenvalue weighted by molar-refractivity contribution is 9.11. The molecule has 0 bridgehead atoms. The van der Waals surface area contributed by atoms with Gasteiger partial charge in [-0.05, 0) is 64.0 Å². The Morgan fingerprint density at radius 3 is 2.43 bits per heavy atom. The smallest absolute Gasteiger partial charge is 0.347 e. The zero-order chi connectivity index (χ0) is 30.0. The fraction of sp³-hybridized carbons (Fsp3) is 0.0333. The van der Waals surface area contributed by atoms with Gasteiger partial charge in [0.2, 0.25) is 0 Å². The summed E-state index contributed by atoms with van der Waals surface area (Å²) >= 11 is 23.0. The molecule has 1 aromatic heterocycles. The van der Waals surface area contributed by atoms with Crippen LogP contribution in [0.3, 0.4) is 0 Å². The number of amides is 1. The first-order valence-corrected chi connectivity index (χ1v) is 15.2. The van der Waals surface area contributed by atoms with Crippen LogP contribution in [-0.2, 0) is 0 Å². The molecule has 7 nitrogen and oxygen atoms in total. The molecule has 0 aliphatic rings. The first kappa shape index (κ1) is 30.3. The molecule has 0 aliphatic carbocycles. The molecular formula is C30H18Br3Cl2N3O4. The lowest BCUT2D eigenvalue weighted by atomic mass is 10.0. The zero-order valence-electron chi connectivity index (χ0n) is 21.5. The molecule has 0 fully saturated rings. The lowest BCUT2D eigenvalue weighted by Crippen LogP contribution is -2.19. The van der Waals surface area contributed by atoms with Crippen molar-refractivity contribution in [2.45, 2.75) is 0 Å². The van der Waals surface area contributed by atoms with Gasteiger partial charge in [-0.25, -0.2) is 10.2 Å². The molecule has 1 amide bonds. The Labute approximate surface area is 275 Å². The summed E-state index contributed by atoms with van der Waals surface area (Å²) in [6.45, 7) is 0.